The molecule has 1 aliphatic carbocycles. The van der Waals surface area contributed by atoms with Crippen LogP contribution in [0.25, 0.3) is 11.0 Å². The van der Waals surface area contributed by atoms with E-state index in [2.05, 4.69) is 25.3 Å². The second kappa shape index (κ2) is 12.6. The number of nitrogens with one attached hydrogen (secondary N) is 3. The molecule has 4 rings (SSSR count). The maximum atomic E-state index is 14.5. The van der Waals surface area contributed by atoms with Crippen molar-refractivity contribution in [3.63, 3.8) is 0 Å². The largest absolute Gasteiger partial charge is 0.453 e. The molecule has 12 heteroatoms. The number of amides is 3. The number of fused-ring (bicyclic) bond motifs is 1. The number of alkyl carbamates (subject to hydrolysis) is 1. The van der Waals surface area contributed by atoms with E-state index in [9.17, 15) is 23.6 Å². The Labute approximate surface area is 230 Å². The molecule has 0 saturated heterocycles. The van der Waals surface area contributed by atoms with Crippen molar-refractivity contribution in [1.82, 2.24) is 24.8 Å². The van der Waals surface area contributed by atoms with Crippen molar-refractivity contribution in [3.05, 3.63) is 70.2 Å². The number of carbonyl (C=O) groups is 3. The van der Waals surface area contributed by atoms with Gasteiger partial charge in [-0.3, -0.25) is 19.4 Å². The van der Waals surface area contributed by atoms with Gasteiger partial charge in [0.15, 0.2) is 0 Å². The maximum absolute atomic E-state index is 14.5. The minimum absolute atomic E-state index is 0.0252. The number of allylic oxidation sites excluding steroid dienone is 1. The van der Waals surface area contributed by atoms with E-state index in [1.165, 1.54) is 34.9 Å². The first-order chi connectivity index (χ1) is 19.2. The number of hydrogen-bond donors (Lipinski definition) is 3. The summed E-state index contributed by atoms with van der Waals surface area (Å²) in [7, 11) is 4.42. The smallest absolute Gasteiger partial charge is 0.407 e. The Morgan fingerprint density at radius 3 is 2.80 bits per heavy atom. The van der Waals surface area contributed by atoms with Gasteiger partial charge in [0.1, 0.15) is 17.5 Å². The van der Waals surface area contributed by atoms with E-state index in [1.807, 2.05) is 0 Å². The highest BCUT2D eigenvalue weighted by Crippen LogP contribution is 2.35. The fourth-order valence-electron chi connectivity index (χ4n) is 4.27. The summed E-state index contributed by atoms with van der Waals surface area (Å²) in [6.45, 7) is 0.151. The molecular weight excluding hydrogens is 519 g/mol. The van der Waals surface area contributed by atoms with Crippen molar-refractivity contribution < 1.29 is 23.5 Å². The van der Waals surface area contributed by atoms with Crippen LogP contribution in [0.3, 0.4) is 0 Å². The van der Waals surface area contributed by atoms with Gasteiger partial charge in [-0.05, 0) is 62.3 Å². The number of H-pyrrole nitrogens is 1. The Morgan fingerprint density at radius 2 is 2.10 bits per heavy atom. The van der Waals surface area contributed by atoms with Gasteiger partial charge in [0.25, 0.3) is 5.56 Å². The Morgan fingerprint density at radius 1 is 1.32 bits per heavy atom. The first-order valence-corrected chi connectivity index (χ1v) is 13.0. The predicted molar refractivity (Wildman–Crippen MR) is 147 cm³/mol. The number of nitrogens with zero attached hydrogens (tertiary/aromatic N) is 3. The SMILES string of the molecule is COC(=O)N[C@@H](CC/C=C/C(=O)N(C)C)C(=O)Nc1cccn(Cc2cc3ncc(F)c(CC4CC4)c3[nH]2)c1=O. The Bertz CT molecular complexity index is 1490. The van der Waals surface area contributed by atoms with Gasteiger partial charge in [0.2, 0.25) is 11.8 Å². The molecule has 3 N–H and O–H groups in total. The number of aromatic amines is 1. The third kappa shape index (κ3) is 7.13. The maximum Gasteiger partial charge on any atom is 0.407 e. The number of rotatable bonds is 11. The molecule has 0 bridgehead atoms. The van der Waals surface area contributed by atoms with Gasteiger partial charge in [0.05, 0.1) is 30.9 Å². The first kappa shape index (κ1) is 28.5. The molecule has 0 spiro atoms. The molecule has 1 atom stereocenters. The van der Waals surface area contributed by atoms with Gasteiger partial charge in [-0.1, -0.05) is 6.08 Å². The third-order valence-electron chi connectivity index (χ3n) is 6.69. The van der Waals surface area contributed by atoms with Gasteiger partial charge in [-0.15, -0.1) is 0 Å². The Balaban J connectivity index is 1.48. The van der Waals surface area contributed by atoms with Gasteiger partial charge in [-0.2, -0.15) is 0 Å². The summed E-state index contributed by atoms with van der Waals surface area (Å²) in [4.78, 5) is 58.6. The fourth-order valence-corrected chi connectivity index (χ4v) is 4.27. The molecule has 3 heterocycles. The molecule has 3 aromatic heterocycles. The lowest BCUT2D eigenvalue weighted by Crippen LogP contribution is -2.44. The number of methoxy groups -OCH3 is 1. The number of pyridine rings is 2. The molecular formula is C28H33FN6O5. The van der Waals surface area contributed by atoms with Gasteiger partial charge in [0, 0.05) is 31.5 Å². The summed E-state index contributed by atoms with van der Waals surface area (Å²) in [5.41, 5.74) is 2.11. The molecule has 3 aromatic rings. The highest BCUT2D eigenvalue weighted by atomic mass is 19.1. The summed E-state index contributed by atoms with van der Waals surface area (Å²) >= 11 is 0. The number of halogens is 1. The number of anilines is 1. The van der Waals surface area contributed by atoms with Crippen LogP contribution in [-0.4, -0.2) is 64.6 Å². The number of carbonyl (C=O) groups excluding carboxylic acids is 3. The second-order valence-corrected chi connectivity index (χ2v) is 10.0. The molecule has 0 aliphatic heterocycles. The van der Waals surface area contributed by atoms with E-state index in [0.29, 0.717) is 41.1 Å². The molecule has 1 saturated carbocycles. The summed E-state index contributed by atoms with van der Waals surface area (Å²) in [6, 6.07) is 3.86. The lowest BCUT2D eigenvalue weighted by Gasteiger charge is -2.17. The van der Waals surface area contributed by atoms with E-state index < -0.39 is 23.6 Å². The predicted octanol–water partition coefficient (Wildman–Crippen LogP) is 2.95. The molecule has 3 amide bonds. The number of aromatic nitrogens is 3. The van der Waals surface area contributed by atoms with Crippen LogP contribution < -0.4 is 16.2 Å². The minimum atomic E-state index is -1.01. The average Bonchev–Trinajstić information content (AvgIpc) is 3.66. The summed E-state index contributed by atoms with van der Waals surface area (Å²) in [6.07, 6.45) is 8.31. The molecule has 1 aliphatic rings. The van der Waals surface area contributed by atoms with Crippen LogP contribution in [0.2, 0.25) is 0 Å². The van der Waals surface area contributed by atoms with E-state index >= 15 is 0 Å². The quantitative estimate of drug-likeness (QED) is 0.313. The molecule has 1 fully saturated rings. The normalized spacial score (nSPS) is 13.8. The van der Waals surface area contributed by atoms with Crippen LogP contribution in [0.1, 0.15) is 36.9 Å². The van der Waals surface area contributed by atoms with Crippen LogP contribution in [0.15, 0.2) is 47.5 Å². The molecule has 40 heavy (non-hydrogen) atoms. The highest BCUT2D eigenvalue weighted by molar-refractivity contribution is 5.96. The van der Waals surface area contributed by atoms with Crippen LogP contribution in [0.4, 0.5) is 14.9 Å². The molecule has 0 radical (unpaired) electrons. The van der Waals surface area contributed by atoms with Crippen LogP contribution in [0, 0.1) is 11.7 Å². The monoisotopic (exact) mass is 552 g/mol. The number of likely N-dealkylation sites (N-methyl/N-ethyl adjacent to an activating group) is 1. The molecule has 11 nitrogen and oxygen atoms in total. The van der Waals surface area contributed by atoms with E-state index in [4.69, 9.17) is 0 Å². The first-order valence-electron chi connectivity index (χ1n) is 13.0. The molecule has 0 aromatic carbocycles. The summed E-state index contributed by atoms with van der Waals surface area (Å²) in [5, 5.41) is 5.05. The topological polar surface area (TPSA) is 138 Å². The van der Waals surface area contributed by atoms with Crippen molar-refractivity contribution in [2.45, 2.75) is 44.7 Å². The molecule has 0 unspecified atom stereocenters. The van der Waals surface area contributed by atoms with Crippen molar-refractivity contribution >= 4 is 34.6 Å². The second-order valence-electron chi connectivity index (χ2n) is 10.0. The van der Waals surface area contributed by atoms with Crippen molar-refractivity contribution in [3.8, 4) is 0 Å². The fraction of sp³-hybridized carbons (Fsp3) is 0.393. The van der Waals surface area contributed by atoms with E-state index in [0.717, 1.165) is 12.8 Å². The van der Waals surface area contributed by atoms with Crippen molar-refractivity contribution in [2.75, 3.05) is 26.5 Å². The zero-order valence-corrected chi connectivity index (χ0v) is 22.7. The number of ether oxygens (including phenoxy) is 1. The molecule has 212 valence electrons. The zero-order valence-electron chi connectivity index (χ0n) is 22.7. The van der Waals surface area contributed by atoms with Crippen LogP contribution in [0.5, 0.6) is 0 Å². The Hall–Kier alpha value is -4.48. The lowest BCUT2D eigenvalue weighted by molar-refractivity contribution is -0.123. The van der Waals surface area contributed by atoms with Gasteiger partial charge in [-0.25, -0.2) is 9.18 Å². The number of hydrogen-bond acceptors (Lipinski definition) is 6. The summed E-state index contributed by atoms with van der Waals surface area (Å²) < 4.78 is 20.5. The Kier molecular flexibility index (Phi) is 8.97. The highest BCUT2D eigenvalue weighted by Gasteiger charge is 2.25. The van der Waals surface area contributed by atoms with Crippen LogP contribution in [-0.2, 0) is 27.3 Å². The van der Waals surface area contributed by atoms with Gasteiger partial charge < -0.3 is 29.8 Å². The van der Waals surface area contributed by atoms with Gasteiger partial charge >= 0.3 is 6.09 Å². The standard InChI is InChI=1S/C28H33FN6O5/c1-34(2)24(36)9-5-4-7-21(33-28(39)40-3)26(37)32-22-8-6-12-35(27(22)38)16-18-14-23-25(31-18)19(13-17-10-11-17)20(29)15-30-23/h5-6,8-9,12,14-15,17,21,31H,4,7,10-11,13,16H2,1-3H3,(H,32,37)(H,33,39)/b9-5+/t21-/m0/s1. The zero-order chi connectivity index (χ0) is 28.8. The lowest BCUT2D eigenvalue weighted by atomic mass is 10.1. The third-order valence-corrected chi connectivity index (χ3v) is 6.69. The van der Waals surface area contributed by atoms with Crippen LogP contribution >= 0.6 is 0 Å². The van der Waals surface area contributed by atoms with Crippen molar-refractivity contribution in [1.29, 1.82) is 0 Å². The van der Waals surface area contributed by atoms with Crippen molar-refractivity contribution in [2.24, 2.45) is 5.92 Å². The summed E-state index contributed by atoms with van der Waals surface area (Å²) in [5.74, 6) is -0.669. The van der Waals surface area contributed by atoms with E-state index in [-0.39, 0.29) is 30.4 Å². The average molecular weight is 553 g/mol. The minimum Gasteiger partial charge on any atom is -0.453 e. The van der Waals surface area contributed by atoms with E-state index in [1.54, 1.807) is 38.5 Å².